The quantitative estimate of drug-likeness (QED) is 0.372. The van der Waals surface area contributed by atoms with Gasteiger partial charge in [0.2, 0.25) is 11.2 Å². The molecule has 0 aliphatic carbocycles. The van der Waals surface area contributed by atoms with Crippen LogP contribution in [0.2, 0.25) is 31.0 Å². The first-order valence-corrected chi connectivity index (χ1v) is 15.3. The standard InChI is InChI=1S/C21H31ClN6O3Si/c1-32(2,3)13-12-31-14-28-17(29)7-11-27(21(28)30)19-16-6-10-26(15-4-8-23-9-5-15)18(16)24-20(22)25-19/h6,10,15,23H,4-5,7-9,11-14H2,1-3H3. The van der Waals surface area contributed by atoms with Gasteiger partial charge in [0.25, 0.3) is 0 Å². The van der Waals surface area contributed by atoms with Crippen molar-refractivity contribution in [3.8, 4) is 0 Å². The van der Waals surface area contributed by atoms with Gasteiger partial charge in [0.05, 0.1) is 5.39 Å². The molecular weight excluding hydrogens is 448 g/mol. The second-order valence-corrected chi connectivity index (χ2v) is 15.6. The van der Waals surface area contributed by atoms with Crippen molar-refractivity contribution in [3.05, 3.63) is 17.5 Å². The number of hydrogen-bond acceptors (Lipinski definition) is 6. The number of urea groups is 1. The highest BCUT2D eigenvalue weighted by atomic mass is 35.5. The molecule has 0 radical (unpaired) electrons. The molecule has 0 atom stereocenters. The molecule has 2 aliphatic rings. The Labute approximate surface area is 194 Å². The number of rotatable bonds is 7. The van der Waals surface area contributed by atoms with E-state index < -0.39 is 14.1 Å². The monoisotopic (exact) mass is 478 g/mol. The molecule has 0 aromatic carbocycles. The van der Waals surface area contributed by atoms with Gasteiger partial charge < -0.3 is 14.6 Å². The second-order valence-electron chi connectivity index (χ2n) is 9.61. The van der Waals surface area contributed by atoms with Crippen molar-refractivity contribution in [2.24, 2.45) is 0 Å². The van der Waals surface area contributed by atoms with E-state index >= 15 is 0 Å². The molecule has 1 N–H and O–H groups in total. The van der Waals surface area contributed by atoms with Gasteiger partial charge >= 0.3 is 6.03 Å². The average Bonchev–Trinajstić information content (AvgIpc) is 3.16. The lowest BCUT2D eigenvalue weighted by molar-refractivity contribution is -0.133. The Morgan fingerprint density at radius 1 is 1.22 bits per heavy atom. The van der Waals surface area contributed by atoms with Crippen LogP contribution in [-0.4, -0.2) is 72.4 Å². The molecule has 2 aromatic rings. The summed E-state index contributed by atoms with van der Waals surface area (Å²) < 4.78 is 7.82. The topological polar surface area (TPSA) is 92.6 Å². The van der Waals surface area contributed by atoms with E-state index in [-0.39, 0.29) is 30.9 Å². The summed E-state index contributed by atoms with van der Waals surface area (Å²) in [6.45, 7) is 9.43. The van der Waals surface area contributed by atoms with Crippen molar-refractivity contribution < 1.29 is 14.3 Å². The zero-order valence-corrected chi connectivity index (χ0v) is 20.7. The molecular formula is C21H31ClN6O3Si. The number of fused-ring (bicyclic) bond motifs is 1. The van der Waals surface area contributed by atoms with E-state index in [1.165, 1.54) is 9.80 Å². The van der Waals surface area contributed by atoms with Crippen molar-refractivity contribution in [1.29, 1.82) is 0 Å². The predicted octanol–water partition coefficient (Wildman–Crippen LogP) is 3.48. The second kappa shape index (κ2) is 9.46. The molecule has 2 aromatic heterocycles. The average molecular weight is 479 g/mol. The molecule has 9 nitrogen and oxygen atoms in total. The molecule has 2 aliphatic heterocycles. The molecule has 2 saturated heterocycles. The summed E-state index contributed by atoms with van der Waals surface area (Å²) in [7, 11) is -1.25. The molecule has 11 heteroatoms. The van der Waals surface area contributed by atoms with Gasteiger partial charge in [0.15, 0.2) is 5.82 Å². The van der Waals surface area contributed by atoms with E-state index in [4.69, 9.17) is 16.3 Å². The maximum atomic E-state index is 13.2. The van der Waals surface area contributed by atoms with Gasteiger partial charge in [-0.2, -0.15) is 9.97 Å². The van der Waals surface area contributed by atoms with Crippen LogP contribution in [0.25, 0.3) is 11.0 Å². The first-order valence-electron chi connectivity index (χ1n) is 11.2. The number of nitrogens with one attached hydrogen (secondary N) is 1. The summed E-state index contributed by atoms with van der Waals surface area (Å²) in [4.78, 5) is 37.2. The normalized spacial score (nSPS) is 18.8. The minimum atomic E-state index is -1.25. The lowest BCUT2D eigenvalue weighted by Crippen LogP contribution is -2.53. The van der Waals surface area contributed by atoms with E-state index in [1.54, 1.807) is 0 Å². The third-order valence-electron chi connectivity index (χ3n) is 6.01. The first-order chi connectivity index (χ1) is 15.2. The number of hydrogen-bond donors (Lipinski definition) is 1. The molecule has 4 heterocycles. The SMILES string of the molecule is C[Si](C)(C)CCOCN1C(=O)CCN(c2nc(Cl)nc3c2ccn3C2CCNCC2)C1=O. The molecule has 32 heavy (non-hydrogen) atoms. The minimum Gasteiger partial charge on any atom is -0.361 e. The van der Waals surface area contributed by atoms with Crippen molar-refractivity contribution in [1.82, 2.24) is 24.8 Å². The van der Waals surface area contributed by atoms with Crippen LogP contribution in [0, 0.1) is 0 Å². The van der Waals surface area contributed by atoms with Gasteiger partial charge in [0.1, 0.15) is 12.4 Å². The third kappa shape index (κ3) is 4.98. The number of halogens is 1. The zero-order chi connectivity index (χ0) is 22.9. The summed E-state index contributed by atoms with van der Waals surface area (Å²) in [6.07, 6.45) is 4.20. The Morgan fingerprint density at radius 3 is 2.69 bits per heavy atom. The molecule has 4 rings (SSSR count). The first kappa shape index (κ1) is 23.2. The van der Waals surface area contributed by atoms with Crippen molar-refractivity contribution in [3.63, 3.8) is 0 Å². The number of amides is 3. The van der Waals surface area contributed by atoms with Gasteiger partial charge in [-0.1, -0.05) is 19.6 Å². The van der Waals surface area contributed by atoms with Gasteiger partial charge in [0, 0.05) is 39.9 Å². The fourth-order valence-corrected chi connectivity index (χ4v) is 5.04. The number of carbonyl (C=O) groups is 2. The Kier molecular flexibility index (Phi) is 6.85. The van der Waals surface area contributed by atoms with Crippen LogP contribution < -0.4 is 10.2 Å². The summed E-state index contributed by atoms with van der Waals surface area (Å²) in [5, 5.41) is 4.22. The Balaban J connectivity index is 1.57. The van der Waals surface area contributed by atoms with Gasteiger partial charge in [-0.25, -0.2) is 9.69 Å². The van der Waals surface area contributed by atoms with Crippen LogP contribution in [0.5, 0.6) is 0 Å². The van der Waals surface area contributed by atoms with E-state index in [0.717, 1.165) is 43.0 Å². The number of piperidine rings is 1. The molecule has 0 spiro atoms. The van der Waals surface area contributed by atoms with Crippen LogP contribution in [-0.2, 0) is 9.53 Å². The van der Waals surface area contributed by atoms with Crippen molar-refractivity contribution in [2.45, 2.75) is 51.0 Å². The highest BCUT2D eigenvalue weighted by Gasteiger charge is 2.35. The van der Waals surface area contributed by atoms with E-state index in [2.05, 4.69) is 39.5 Å². The van der Waals surface area contributed by atoms with Crippen LogP contribution in [0.3, 0.4) is 0 Å². The van der Waals surface area contributed by atoms with Gasteiger partial charge in [-0.05, 0) is 49.6 Å². The lowest BCUT2D eigenvalue weighted by atomic mass is 10.1. The Morgan fingerprint density at radius 2 is 1.97 bits per heavy atom. The number of ether oxygens (including phenoxy) is 1. The van der Waals surface area contributed by atoms with Crippen LogP contribution in [0.4, 0.5) is 10.6 Å². The molecule has 2 fully saturated rings. The smallest absolute Gasteiger partial charge is 0.334 e. The van der Waals surface area contributed by atoms with Crippen molar-refractivity contribution in [2.75, 3.05) is 37.9 Å². The molecule has 0 saturated carbocycles. The summed E-state index contributed by atoms with van der Waals surface area (Å²) in [5.41, 5.74) is 0.717. The summed E-state index contributed by atoms with van der Waals surface area (Å²) in [5.74, 6) is 0.209. The summed E-state index contributed by atoms with van der Waals surface area (Å²) in [6, 6.07) is 2.79. The summed E-state index contributed by atoms with van der Waals surface area (Å²) >= 11 is 6.28. The van der Waals surface area contributed by atoms with E-state index in [9.17, 15) is 9.59 Å². The highest BCUT2D eigenvalue weighted by Crippen LogP contribution is 2.32. The van der Waals surface area contributed by atoms with Crippen LogP contribution in [0.15, 0.2) is 12.3 Å². The Hall–Kier alpha value is -2.01. The maximum absolute atomic E-state index is 13.2. The fraction of sp³-hybridized carbons (Fsp3) is 0.619. The van der Waals surface area contributed by atoms with Crippen molar-refractivity contribution >= 4 is 48.5 Å². The lowest BCUT2D eigenvalue weighted by Gasteiger charge is -2.33. The number of aromatic nitrogens is 3. The maximum Gasteiger partial charge on any atom is 0.334 e. The zero-order valence-electron chi connectivity index (χ0n) is 18.9. The third-order valence-corrected chi connectivity index (χ3v) is 7.88. The largest absolute Gasteiger partial charge is 0.361 e. The number of anilines is 1. The van der Waals surface area contributed by atoms with Crippen LogP contribution >= 0.6 is 11.6 Å². The minimum absolute atomic E-state index is 0.0449. The van der Waals surface area contributed by atoms with Crippen LogP contribution in [0.1, 0.15) is 25.3 Å². The molecule has 174 valence electrons. The van der Waals surface area contributed by atoms with E-state index in [0.29, 0.717) is 18.5 Å². The number of carbonyl (C=O) groups excluding carboxylic acids is 2. The van der Waals surface area contributed by atoms with E-state index in [1.807, 2.05) is 12.3 Å². The van der Waals surface area contributed by atoms with Gasteiger partial charge in [-0.15, -0.1) is 0 Å². The predicted molar refractivity (Wildman–Crippen MR) is 127 cm³/mol. The number of imide groups is 1. The number of nitrogens with zero attached hydrogens (tertiary/aromatic N) is 5. The fourth-order valence-electron chi connectivity index (χ4n) is 4.13. The Bertz CT molecular complexity index is 1000. The highest BCUT2D eigenvalue weighted by molar-refractivity contribution is 6.76. The van der Waals surface area contributed by atoms with Gasteiger partial charge in [-0.3, -0.25) is 9.69 Å². The molecule has 3 amide bonds. The molecule has 0 unspecified atom stereocenters. The molecule has 0 bridgehead atoms.